The van der Waals surface area contributed by atoms with Crippen molar-refractivity contribution in [1.29, 1.82) is 0 Å². The van der Waals surface area contributed by atoms with Crippen LogP contribution in [-0.2, 0) is 14.6 Å². The van der Waals surface area contributed by atoms with Gasteiger partial charge < -0.3 is 14.5 Å². The first kappa shape index (κ1) is 23.7. The summed E-state index contributed by atoms with van der Waals surface area (Å²) < 4.78 is 30.1. The highest BCUT2D eigenvalue weighted by Gasteiger charge is 2.36. The van der Waals surface area contributed by atoms with Crippen LogP contribution in [0.25, 0.3) is 0 Å². The van der Waals surface area contributed by atoms with Crippen molar-refractivity contribution in [3.63, 3.8) is 0 Å². The maximum absolute atomic E-state index is 13.3. The molecule has 7 heteroatoms. The molecule has 2 unspecified atom stereocenters. The fraction of sp³-hybridized carbons (Fsp3) is 0.682. The van der Waals surface area contributed by atoms with Crippen LogP contribution in [0.3, 0.4) is 0 Å². The molecule has 2 atom stereocenters. The van der Waals surface area contributed by atoms with Crippen molar-refractivity contribution in [3.05, 3.63) is 29.3 Å². The normalized spacial score (nSPS) is 19.5. The summed E-state index contributed by atoms with van der Waals surface area (Å²) in [7, 11) is 0.910. The van der Waals surface area contributed by atoms with Gasteiger partial charge in [0, 0.05) is 12.6 Å². The van der Waals surface area contributed by atoms with Gasteiger partial charge in [0.1, 0.15) is 5.75 Å². The summed E-state index contributed by atoms with van der Waals surface area (Å²) in [5.41, 5.74) is 2.15. The zero-order valence-electron chi connectivity index (χ0n) is 18.6. The van der Waals surface area contributed by atoms with Crippen molar-refractivity contribution in [2.45, 2.75) is 58.6 Å². The zero-order chi connectivity index (χ0) is 21.8. The fourth-order valence-electron chi connectivity index (χ4n) is 3.75. The minimum Gasteiger partial charge on any atom is -0.481 e. The predicted octanol–water partition coefficient (Wildman–Crippen LogP) is 2.85. The molecule has 1 heterocycles. The van der Waals surface area contributed by atoms with E-state index in [4.69, 9.17) is 4.74 Å². The number of benzene rings is 1. The van der Waals surface area contributed by atoms with Crippen LogP contribution in [0.5, 0.6) is 5.75 Å². The van der Waals surface area contributed by atoms with Gasteiger partial charge in [0.25, 0.3) is 5.91 Å². The largest absolute Gasteiger partial charge is 0.481 e. The molecule has 29 heavy (non-hydrogen) atoms. The maximum Gasteiger partial charge on any atom is 0.263 e. The van der Waals surface area contributed by atoms with Crippen molar-refractivity contribution in [2.24, 2.45) is 0 Å². The topological polar surface area (TPSA) is 66.9 Å². The molecular formula is C22H36N2O4S. The maximum atomic E-state index is 13.3. The van der Waals surface area contributed by atoms with Gasteiger partial charge in [0.05, 0.1) is 11.5 Å². The quantitative estimate of drug-likeness (QED) is 0.610. The summed E-state index contributed by atoms with van der Waals surface area (Å²) >= 11 is 0. The Morgan fingerprint density at radius 1 is 1.21 bits per heavy atom. The number of aryl methyl sites for hydroxylation is 1. The van der Waals surface area contributed by atoms with E-state index < -0.39 is 15.9 Å². The van der Waals surface area contributed by atoms with E-state index in [9.17, 15) is 13.2 Å². The minimum atomic E-state index is -3.07. The number of hydrogen-bond donors (Lipinski definition) is 0. The molecule has 0 saturated carbocycles. The number of ether oxygens (including phenoxy) is 1. The molecule has 1 aromatic rings. The molecule has 1 aliphatic rings. The third kappa shape index (κ3) is 6.71. The Labute approximate surface area is 176 Å². The highest BCUT2D eigenvalue weighted by molar-refractivity contribution is 7.91. The first-order valence-electron chi connectivity index (χ1n) is 10.4. The molecule has 1 aromatic carbocycles. The summed E-state index contributed by atoms with van der Waals surface area (Å²) in [6.07, 6.45) is 0.630. The van der Waals surface area contributed by atoms with Crippen LogP contribution >= 0.6 is 0 Å². The number of hydrogen-bond acceptors (Lipinski definition) is 5. The van der Waals surface area contributed by atoms with Crippen LogP contribution in [-0.4, -0.2) is 75.0 Å². The minimum absolute atomic E-state index is 0.0507. The first-order valence-corrected chi connectivity index (χ1v) is 12.2. The van der Waals surface area contributed by atoms with E-state index in [0.29, 0.717) is 13.0 Å². The molecule has 1 amide bonds. The number of amides is 1. The second-order valence-electron chi connectivity index (χ2n) is 8.70. The Kier molecular flexibility index (Phi) is 8.11. The lowest BCUT2D eigenvalue weighted by molar-refractivity contribution is -0.140. The highest BCUT2D eigenvalue weighted by atomic mass is 32.2. The van der Waals surface area contributed by atoms with Gasteiger partial charge in [0.2, 0.25) is 0 Å². The summed E-state index contributed by atoms with van der Waals surface area (Å²) in [4.78, 5) is 17.1. The summed E-state index contributed by atoms with van der Waals surface area (Å²) in [5, 5.41) is 0. The van der Waals surface area contributed by atoms with E-state index in [-0.39, 0.29) is 29.4 Å². The zero-order valence-corrected chi connectivity index (χ0v) is 19.5. The first-order chi connectivity index (χ1) is 13.5. The van der Waals surface area contributed by atoms with Gasteiger partial charge in [-0.15, -0.1) is 0 Å². The molecule has 0 aromatic heterocycles. The van der Waals surface area contributed by atoms with Crippen molar-refractivity contribution in [3.8, 4) is 5.75 Å². The standard InChI is InChI=1S/C22H36N2O4S/c1-16(2)20-9-8-17(3)14-21(20)28-18(4)22(25)24(12-7-11-23(5)6)19-10-13-29(26,27)15-19/h8-9,14,16,18-19H,7,10-13,15H2,1-6H3. The lowest BCUT2D eigenvalue weighted by atomic mass is 10.0. The van der Waals surface area contributed by atoms with Crippen molar-refractivity contribution in [1.82, 2.24) is 9.80 Å². The molecule has 164 valence electrons. The van der Waals surface area contributed by atoms with Gasteiger partial charge in [-0.1, -0.05) is 26.0 Å². The molecule has 0 radical (unpaired) electrons. The van der Waals surface area contributed by atoms with Gasteiger partial charge in [0.15, 0.2) is 15.9 Å². The average molecular weight is 425 g/mol. The van der Waals surface area contributed by atoms with Gasteiger partial charge in [-0.25, -0.2) is 8.42 Å². The van der Waals surface area contributed by atoms with Crippen molar-refractivity contribution in [2.75, 3.05) is 38.7 Å². The van der Waals surface area contributed by atoms with Gasteiger partial charge >= 0.3 is 0 Å². The summed E-state index contributed by atoms with van der Waals surface area (Å²) in [5.74, 6) is 1.08. The third-order valence-corrected chi connectivity index (χ3v) is 7.13. The third-order valence-electron chi connectivity index (χ3n) is 5.38. The van der Waals surface area contributed by atoms with Crippen LogP contribution in [0.2, 0.25) is 0 Å². The molecular weight excluding hydrogens is 388 g/mol. The molecule has 0 N–H and O–H groups in total. The molecule has 1 aliphatic heterocycles. The molecule has 0 spiro atoms. The van der Waals surface area contributed by atoms with Crippen molar-refractivity contribution >= 4 is 15.7 Å². The van der Waals surface area contributed by atoms with Gasteiger partial charge in [-0.3, -0.25) is 4.79 Å². The van der Waals surface area contributed by atoms with E-state index in [1.54, 1.807) is 11.8 Å². The monoisotopic (exact) mass is 424 g/mol. The molecule has 6 nitrogen and oxygen atoms in total. The SMILES string of the molecule is Cc1ccc(C(C)C)c(OC(C)C(=O)N(CCCN(C)C)C2CCS(=O)(=O)C2)c1. The number of carbonyl (C=O) groups excluding carboxylic acids is 1. The van der Waals surface area contributed by atoms with Crippen LogP contribution < -0.4 is 4.74 Å². The van der Waals surface area contributed by atoms with Crippen LogP contribution in [0.15, 0.2) is 18.2 Å². The molecule has 1 fully saturated rings. The Bertz CT molecular complexity index is 805. The number of sulfone groups is 1. The van der Waals surface area contributed by atoms with E-state index in [2.05, 4.69) is 18.7 Å². The number of nitrogens with zero attached hydrogens (tertiary/aromatic N) is 2. The summed E-state index contributed by atoms with van der Waals surface area (Å²) in [6, 6.07) is 5.80. The Balaban J connectivity index is 2.18. The second kappa shape index (κ2) is 9.94. The van der Waals surface area contributed by atoms with E-state index >= 15 is 0 Å². The molecule has 0 aliphatic carbocycles. The number of carbonyl (C=O) groups is 1. The second-order valence-corrected chi connectivity index (χ2v) is 10.9. The Hall–Kier alpha value is -1.60. The molecule has 2 rings (SSSR count). The predicted molar refractivity (Wildman–Crippen MR) is 117 cm³/mol. The van der Waals surface area contributed by atoms with Crippen LogP contribution in [0.1, 0.15) is 50.7 Å². The lowest BCUT2D eigenvalue weighted by Crippen LogP contribution is -2.48. The summed E-state index contributed by atoms with van der Waals surface area (Å²) in [6.45, 7) is 9.34. The van der Waals surface area contributed by atoms with E-state index in [1.807, 2.05) is 39.2 Å². The van der Waals surface area contributed by atoms with Gasteiger partial charge in [-0.05, 0) is 70.4 Å². The number of rotatable bonds is 9. The Morgan fingerprint density at radius 3 is 2.45 bits per heavy atom. The fourth-order valence-corrected chi connectivity index (χ4v) is 5.48. The van der Waals surface area contributed by atoms with Crippen LogP contribution in [0.4, 0.5) is 0 Å². The van der Waals surface area contributed by atoms with E-state index in [1.165, 1.54) is 0 Å². The van der Waals surface area contributed by atoms with Crippen LogP contribution in [0, 0.1) is 6.92 Å². The lowest BCUT2D eigenvalue weighted by Gasteiger charge is -2.31. The molecule has 1 saturated heterocycles. The average Bonchev–Trinajstić information content (AvgIpc) is 2.97. The van der Waals surface area contributed by atoms with Gasteiger partial charge in [-0.2, -0.15) is 0 Å². The smallest absolute Gasteiger partial charge is 0.263 e. The van der Waals surface area contributed by atoms with E-state index in [0.717, 1.165) is 29.8 Å². The Morgan fingerprint density at radius 2 is 1.90 bits per heavy atom. The molecule has 0 bridgehead atoms. The van der Waals surface area contributed by atoms with Crippen molar-refractivity contribution < 1.29 is 17.9 Å². The highest BCUT2D eigenvalue weighted by Crippen LogP contribution is 2.29.